The minimum atomic E-state index is -4.52. The number of carbonyl (C=O) groups excluding carboxylic acids is 1. The van der Waals surface area contributed by atoms with E-state index < -0.39 is 28.9 Å². The molecule has 0 aliphatic carbocycles. The highest BCUT2D eigenvalue weighted by Crippen LogP contribution is 2.29. The third-order valence-corrected chi connectivity index (χ3v) is 4.11. The van der Waals surface area contributed by atoms with Gasteiger partial charge in [0, 0.05) is 32.6 Å². The topological polar surface area (TPSA) is 103 Å². The number of aryl methyl sites for hydroxylation is 1. The first-order chi connectivity index (χ1) is 13.6. The molecule has 12 heteroatoms. The second kappa shape index (κ2) is 7.37. The fourth-order valence-electron chi connectivity index (χ4n) is 2.57. The Bertz CT molecular complexity index is 1240. The Kier molecular flexibility index (Phi) is 5.10. The third-order valence-electron chi connectivity index (χ3n) is 4.11. The van der Waals surface area contributed by atoms with Gasteiger partial charge in [-0.25, -0.2) is 4.79 Å². The Morgan fingerprint density at radius 2 is 1.90 bits per heavy atom. The van der Waals surface area contributed by atoms with Gasteiger partial charge in [0.25, 0.3) is 5.56 Å². The molecule has 29 heavy (non-hydrogen) atoms. The van der Waals surface area contributed by atoms with Crippen molar-refractivity contribution >= 4 is 17.6 Å². The molecule has 0 saturated heterocycles. The predicted octanol–water partition coefficient (Wildman–Crippen LogP) is 0.475. The van der Waals surface area contributed by atoms with Gasteiger partial charge in [-0.05, 0) is 18.2 Å². The molecule has 0 aliphatic heterocycles. The van der Waals surface area contributed by atoms with Crippen molar-refractivity contribution < 1.29 is 18.0 Å². The molecular weight excluding hydrogens is 393 g/mol. The van der Waals surface area contributed by atoms with Crippen LogP contribution in [-0.2, 0) is 31.6 Å². The Balaban J connectivity index is 1.76. The van der Waals surface area contributed by atoms with Crippen LogP contribution in [0.3, 0.4) is 0 Å². The summed E-state index contributed by atoms with van der Waals surface area (Å²) in [5.41, 5.74) is -1.63. The molecule has 9 nitrogen and oxygen atoms in total. The van der Waals surface area contributed by atoms with Crippen molar-refractivity contribution in [3.05, 3.63) is 68.4 Å². The van der Waals surface area contributed by atoms with Gasteiger partial charge in [-0.2, -0.15) is 13.2 Å². The van der Waals surface area contributed by atoms with E-state index in [9.17, 15) is 27.6 Å². The van der Waals surface area contributed by atoms with Crippen LogP contribution in [0.1, 0.15) is 17.0 Å². The second-order valence-electron chi connectivity index (χ2n) is 6.15. The minimum absolute atomic E-state index is 0.103. The van der Waals surface area contributed by atoms with Crippen LogP contribution in [0, 0.1) is 0 Å². The first-order valence-electron chi connectivity index (χ1n) is 8.21. The average Bonchev–Trinajstić information content (AvgIpc) is 3.08. The summed E-state index contributed by atoms with van der Waals surface area (Å²) in [6, 6.07) is 2.07. The maximum Gasteiger partial charge on any atom is 0.417 e. The number of fused-ring (bicyclic) bond motifs is 1. The lowest BCUT2D eigenvalue weighted by Gasteiger charge is -2.07. The number of alkyl halides is 3. The predicted molar refractivity (Wildman–Crippen MR) is 95.8 cm³/mol. The van der Waals surface area contributed by atoms with Crippen LogP contribution in [0.25, 0.3) is 11.7 Å². The number of amides is 1. The zero-order valence-electron chi connectivity index (χ0n) is 15.3. The van der Waals surface area contributed by atoms with Crippen LogP contribution in [0.2, 0.25) is 0 Å². The van der Waals surface area contributed by atoms with Gasteiger partial charge in [-0.1, -0.05) is 0 Å². The lowest BCUT2D eigenvalue weighted by molar-refractivity contribution is -0.137. The van der Waals surface area contributed by atoms with Crippen molar-refractivity contribution in [2.24, 2.45) is 14.1 Å². The average molecular weight is 408 g/mol. The Labute approximate surface area is 160 Å². The number of nitrogens with one attached hydrogen (secondary N) is 1. The molecule has 0 aliphatic rings. The molecule has 0 saturated carbocycles. The van der Waals surface area contributed by atoms with E-state index in [0.717, 1.165) is 27.3 Å². The lowest BCUT2D eigenvalue weighted by atomic mass is 10.3. The molecule has 0 unspecified atom stereocenters. The van der Waals surface area contributed by atoms with Crippen LogP contribution in [0.5, 0.6) is 0 Å². The summed E-state index contributed by atoms with van der Waals surface area (Å²) in [7, 11) is 2.78. The third kappa shape index (κ3) is 4.10. The van der Waals surface area contributed by atoms with E-state index in [0.29, 0.717) is 0 Å². The van der Waals surface area contributed by atoms with Gasteiger partial charge in [0.05, 0.1) is 17.7 Å². The highest BCUT2D eigenvalue weighted by molar-refractivity contribution is 5.91. The fourth-order valence-corrected chi connectivity index (χ4v) is 2.57. The molecule has 3 aromatic heterocycles. The Morgan fingerprint density at radius 3 is 2.59 bits per heavy atom. The first kappa shape index (κ1) is 20.0. The van der Waals surface area contributed by atoms with Gasteiger partial charge >= 0.3 is 11.9 Å². The molecule has 3 rings (SSSR count). The summed E-state index contributed by atoms with van der Waals surface area (Å²) >= 11 is 0. The summed E-state index contributed by atoms with van der Waals surface area (Å²) in [5.74, 6) is -0.504. The summed E-state index contributed by atoms with van der Waals surface area (Å²) in [4.78, 5) is 35.7. The second-order valence-corrected chi connectivity index (χ2v) is 6.15. The number of hydrogen-bond acceptors (Lipinski definition) is 5. The van der Waals surface area contributed by atoms with Crippen LogP contribution in [0.4, 0.5) is 13.2 Å². The number of aromatic nitrogens is 5. The van der Waals surface area contributed by atoms with Crippen molar-refractivity contribution in [3.63, 3.8) is 0 Å². The van der Waals surface area contributed by atoms with Gasteiger partial charge < -0.3 is 9.88 Å². The van der Waals surface area contributed by atoms with E-state index in [2.05, 4.69) is 15.5 Å². The van der Waals surface area contributed by atoms with E-state index in [4.69, 9.17) is 0 Å². The molecule has 0 fully saturated rings. The van der Waals surface area contributed by atoms with Crippen LogP contribution in [-0.4, -0.2) is 29.6 Å². The van der Waals surface area contributed by atoms with Crippen molar-refractivity contribution in [1.82, 2.24) is 29.0 Å². The maximum absolute atomic E-state index is 12.9. The van der Waals surface area contributed by atoms with E-state index in [-0.39, 0.29) is 23.6 Å². The molecule has 3 heterocycles. The summed E-state index contributed by atoms with van der Waals surface area (Å²) in [6.45, 7) is -0.184. The van der Waals surface area contributed by atoms with Crippen LogP contribution >= 0.6 is 0 Å². The molecular formula is C17H15F3N6O3. The molecule has 0 spiro atoms. The van der Waals surface area contributed by atoms with Crippen molar-refractivity contribution in [2.45, 2.75) is 12.7 Å². The van der Waals surface area contributed by atoms with E-state index in [1.807, 2.05) is 0 Å². The number of rotatable bonds is 4. The fraction of sp³-hybridized carbons (Fsp3) is 0.235. The normalized spacial score (nSPS) is 12.0. The summed E-state index contributed by atoms with van der Waals surface area (Å²) < 4.78 is 41.8. The molecule has 0 bridgehead atoms. The van der Waals surface area contributed by atoms with Gasteiger partial charge in [-0.15, -0.1) is 10.2 Å². The molecule has 1 N–H and O–H groups in total. The molecule has 1 amide bonds. The molecule has 0 radical (unpaired) electrons. The summed E-state index contributed by atoms with van der Waals surface area (Å²) in [5, 5.41) is 9.98. The maximum atomic E-state index is 12.9. The van der Waals surface area contributed by atoms with Gasteiger partial charge in [0.2, 0.25) is 5.91 Å². The van der Waals surface area contributed by atoms with Crippen LogP contribution < -0.4 is 16.6 Å². The van der Waals surface area contributed by atoms with E-state index in [1.54, 1.807) is 0 Å². The smallest absolute Gasteiger partial charge is 0.345 e. The summed E-state index contributed by atoms with van der Waals surface area (Å²) in [6.07, 6.45) is -0.0734. The lowest BCUT2D eigenvalue weighted by Crippen LogP contribution is -2.37. The van der Waals surface area contributed by atoms with Crippen LogP contribution in [0.15, 0.2) is 40.2 Å². The SMILES string of the molecule is Cn1cc(/C=C/C(=O)NCc2nnc3ccc(C(F)(F)F)cn23)c(=O)n(C)c1=O. The van der Waals surface area contributed by atoms with Gasteiger partial charge in [-0.3, -0.25) is 18.6 Å². The molecule has 3 aromatic rings. The Hall–Kier alpha value is -3.70. The van der Waals surface area contributed by atoms with E-state index in [1.165, 1.54) is 37.0 Å². The van der Waals surface area contributed by atoms with Crippen molar-refractivity contribution in [3.8, 4) is 0 Å². The minimum Gasteiger partial charge on any atom is -0.345 e. The van der Waals surface area contributed by atoms with Gasteiger partial charge in [0.1, 0.15) is 0 Å². The Morgan fingerprint density at radius 1 is 1.17 bits per heavy atom. The molecule has 0 aromatic carbocycles. The number of halogens is 3. The molecule has 0 atom stereocenters. The first-order valence-corrected chi connectivity index (χ1v) is 8.21. The van der Waals surface area contributed by atoms with Crippen molar-refractivity contribution in [2.75, 3.05) is 0 Å². The number of hydrogen-bond donors (Lipinski definition) is 1. The number of carbonyl (C=O) groups is 1. The molecule has 152 valence electrons. The largest absolute Gasteiger partial charge is 0.417 e. The van der Waals surface area contributed by atoms with Crippen molar-refractivity contribution in [1.29, 1.82) is 0 Å². The van der Waals surface area contributed by atoms with Gasteiger partial charge in [0.15, 0.2) is 11.5 Å². The highest BCUT2D eigenvalue weighted by Gasteiger charge is 2.31. The zero-order chi connectivity index (χ0) is 21.3. The quantitative estimate of drug-likeness (QED) is 0.633. The number of pyridine rings is 1. The monoisotopic (exact) mass is 408 g/mol. The highest BCUT2D eigenvalue weighted by atomic mass is 19.4. The standard InChI is InChI=1S/C17H15F3N6O3/c1-24-8-10(15(28)25(2)16(24)29)3-6-14(27)21-7-13-23-22-12-5-4-11(9-26(12)13)17(18,19)20/h3-6,8-9H,7H2,1-2H3,(H,21,27)/b6-3+. The zero-order valence-corrected chi connectivity index (χ0v) is 15.3. The van der Waals surface area contributed by atoms with E-state index >= 15 is 0 Å². The number of nitrogens with zero attached hydrogens (tertiary/aromatic N) is 5.